The fraction of sp³-hybridized carbons (Fsp3) is 0.0882. The minimum Gasteiger partial charge on any atom is -0.343 e. The minimum atomic E-state index is 0. The van der Waals surface area contributed by atoms with Gasteiger partial charge in [0.15, 0.2) is 0 Å². The molecule has 0 atom stereocenters. The average molecular weight is 645 g/mol. The van der Waals surface area contributed by atoms with Crippen molar-refractivity contribution in [3.8, 4) is 39.8 Å². The molecule has 1 aliphatic rings. The van der Waals surface area contributed by atoms with Crippen LogP contribution in [0.25, 0.3) is 33.8 Å². The van der Waals surface area contributed by atoms with Gasteiger partial charge < -0.3 is 4.57 Å². The van der Waals surface area contributed by atoms with Crippen molar-refractivity contribution >= 4 is 0 Å². The molecule has 0 amide bonds. The van der Waals surface area contributed by atoms with Crippen LogP contribution in [0.15, 0.2) is 109 Å². The second-order valence-corrected chi connectivity index (χ2v) is 8.99. The fourth-order valence-electron chi connectivity index (χ4n) is 4.76. The first kappa shape index (κ1) is 27.5. The van der Waals surface area contributed by atoms with Gasteiger partial charge in [0, 0.05) is 11.6 Å². The number of nitrogens with zero attached hydrogens (tertiary/aromatic N) is 3. The van der Waals surface area contributed by atoms with E-state index in [1.54, 1.807) is 6.07 Å². The topological polar surface area (TPSA) is 40.6 Å². The molecule has 3 heterocycles. The molecule has 38 heavy (non-hydrogen) atoms. The van der Waals surface area contributed by atoms with Crippen LogP contribution in [0.5, 0.6) is 0 Å². The first-order chi connectivity index (χ1) is 18.1. The molecule has 1 radical (unpaired) electrons. The predicted octanol–water partition coefficient (Wildman–Crippen LogP) is 7.39. The number of hydrogen-bond acceptors (Lipinski definition) is 2. The molecule has 1 aliphatic heterocycles. The third-order valence-corrected chi connectivity index (χ3v) is 6.73. The number of aryl methyl sites for hydroxylation is 1. The maximum Gasteiger partial charge on any atom is 3.00 e. The maximum absolute atomic E-state index is 9.18. The van der Waals surface area contributed by atoms with Crippen LogP contribution in [-0.2, 0) is 0 Å². The molecule has 2 aromatic heterocycles. The molecule has 0 saturated carbocycles. The van der Waals surface area contributed by atoms with E-state index in [1.165, 1.54) is 34.5 Å². The zero-order chi connectivity index (χ0) is 25.8. The molecule has 0 fully saturated rings. The number of benzene rings is 3. The Balaban J connectivity index is 0.000000174. The summed E-state index contributed by atoms with van der Waals surface area (Å²) in [6.45, 7) is 6.56. The summed E-state index contributed by atoms with van der Waals surface area (Å²) in [6, 6.07) is 42.9. The van der Waals surface area contributed by atoms with E-state index >= 15 is 0 Å². The van der Waals surface area contributed by atoms with Gasteiger partial charge in [0.25, 0.3) is 0 Å². The van der Waals surface area contributed by atoms with Crippen LogP contribution in [0.1, 0.15) is 30.7 Å². The Bertz CT molecular complexity index is 1590. The van der Waals surface area contributed by atoms with Gasteiger partial charge in [0.1, 0.15) is 0 Å². The third-order valence-electron chi connectivity index (χ3n) is 6.73. The quantitative estimate of drug-likeness (QED) is 0.149. The van der Waals surface area contributed by atoms with Crippen molar-refractivity contribution in [1.29, 1.82) is 5.26 Å². The molecule has 0 bridgehead atoms. The van der Waals surface area contributed by atoms with Gasteiger partial charge in [-0.05, 0) is 31.7 Å². The van der Waals surface area contributed by atoms with Crippen LogP contribution in [0.2, 0.25) is 0 Å². The normalized spacial score (nSPS) is 11.2. The summed E-state index contributed by atoms with van der Waals surface area (Å²) in [5.74, 6) is 1.37. The van der Waals surface area contributed by atoms with Crippen molar-refractivity contribution < 1.29 is 41.9 Å². The zero-order valence-electron chi connectivity index (χ0n) is 21.5. The molecule has 0 unspecified atom stereocenters. The van der Waals surface area contributed by atoms with Crippen molar-refractivity contribution in [3.63, 3.8) is 0 Å². The SMILES string of the molecule is Cc1cccc2[n+]1[C-](C)[C-](C)c1ccccc1-2.N#Cc1ccccc1-c1cccc(-c2[c-]cccc2)n1.[Er+3]. The van der Waals surface area contributed by atoms with Gasteiger partial charge in [0.05, 0.1) is 28.7 Å². The number of aromatic nitrogens is 2. The summed E-state index contributed by atoms with van der Waals surface area (Å²) in [7, 11) is 0. The van der Waals surface area contributed by atoms with Gasteiger partial charge in [-0.2, -0.15) is 16.9 Å². The summed E-state index contributed by atoms with van der Waals surface area (Å²) in [5.41, 5.74) is 9.37. The van der Waals surface area contributed by atoms with Crippen molar-refractivity contribution in [2.45, 2.75) is 20.8 Å². The molecule has 0 spiro atoms. The number of fused-ring (bicyclic) bond motifs is 3. The Morgan fingerprint density at radius 2 is 1.45 bits per heavy atom. The summed E-state index contributed by atoms with van der Waals surface area (Å²) in [5, 5.41) is 9.18. The Hall–Kier alpha value is -3.56. The molecule has 0 N–H and O–H groups in total. The zero-order valence-corrected chi connectivity index (χ0v) is 23.4. The second-order valence-electron chi connectivity index (χ2n) is 8.99. The van der Waals surface area contributed by atoms with E-state index in [2.05, 4.69) is 84.9 Å². The molecular formula is C34H27ErN3+. The molecule has 189 valence electrons. The van der Waals surface area contributed by atoms with Crippen LogP contribution in [0.4, 0.5) is 0 Å². The number of hydrogen-bond donors (Lipinski definition) is 0. The Morgan fingerprint density at radius 1 is 0.763 bits per heavy atom. The summed E-state index contributed by atoms with van der Waals surface area (Å²) < 4.78 is 2.34. The number of pyridine rings is 2. The number of nitriles is 1. The van der Waals surface area contributed by atoms with E-state index in [9.17, 15) is 5.26 Å². The van der Waals surface area contributed by atoms with E-state index in [0.717, 1.165) is 22.5 Å². The molecule has 6 rings (SSSR count). The van der Waals surface area contributed by atoms with Gasteiger partial charge >= 0.3 is 37.3 Å². The molecule has 3 aromatic carbocycles. The molecule has 0 saturated heterocycles. The van der Waals surface area contributed by atoms with Gasteiger partial charge in [-0.15, -0.1) is 59.5 Å². The minimum absolute atomic E-state index is 0. The second kappa shape index (κ2) is 12.3. The molecule has 0 aliphatic carbocycles. The summed E-state index contributed by atoms with van der Waals surface area (Å²) >= 11 is 0. The first-order valence-electron chi connectivity index (χ1n) is 12.3. The van der Waals surface area contributed by atoms with Gasteiger partial charge in [-0.25, -0.2) is 0 Å². The van der Waals surface area contributed by atoms with Crippen molar-refractivity contribution in [2.24, 2.45) is 0 Å². The maximum atomic E-state index is 9.18. The number of rotatable bonds is 2. The van der Waals surface area contributed by atoms with Crippen molar-refractivity contribution in [2.75, 3.05) is 0 Å². The predicted molar refractivity (Wildman–Crippen MR) is 148 cm³/mol. The van der Waals surface area contributed by atoms with Gasteiger partial charge in [0.2, 0.25) is 0 Å². The Kier molecular flexibility index (Phi) is 8.91. The van der Waals surface area contributed by atoms with E-state index in [0.29, 0.717) is 5.56 Å². The average Bonchev–Trinajstić information content (AvgIpc) is 2.96. The summed E-state index contributed by atoms with van der Waals surface area (Å²) in [4.78, 5) is 4.64. The standard InChI is InChI=1S/C18H11N2.C16H16N.Er/c19-13-15-9-4-5-10-16(15)18-12-6-11-17(20-18)14-7-2-1-3-8-14;1-11-7-6-10-16-15-9-5-4-8-14(15)12(2)13(3)17(11)16;/h1-7,9-12H;4-10H,1-3H3;/q2*-1;+3. The Morgan fingerprint density at radius 3 is 2.21 bits per heavy atom. The van der Waals surface area contributed by atoms with Crippen LogP contribution < -0.4 is 4.57 Å². The molecule has 4 heteroatoms. The van der Waals surface area contributed by atoms with E-state index in [-0.39, 0.29) is 37.3 Å². The monoisotopic (exact) mass is 643 g/mol. The summed E-state index contributed by atoms with van der Waals surface area (Å²) in [6.07, 6.45) is 0. The van der Waals surface area contributed by atoms with Crippen LogP contribution >= 0.6 is 0 Å². The van der Waals surface area contributed by atoms with Crippen LogP contribution in [0, 0.1) is 73.6 Å². The van der Waals surface area contributed by atoms with Crippen molar-refractivity contribution in [3.05, 3.63) is 144 Å². The third kappa shape index (κ3) is 5.49. The molecule has 3 nitrogen and oxygen atoms in total. The van der Waals surface area contributed by atoms with Gasteiger partial charge in [-0.3, -0.25) is 4.98 Å². The first-order valence-corrected chi connectivity index (χ1v) is 12.3. The largest absolute Gasteiger partial charge is 3.00 e. The smallest absolute Gasteiger partial charge is 0.343 e. The van der Waals surface area contributed by atoms with Gasteiger partial charge in [-0.1, -0.05) is 61.5 Å². The van der Waals surface area contributed by atoms with E-state index in [1.807, 2.05) is 60.7 Å². The van der Waals surface area contributed by atoms with E-state index in [4.69, 9.17) is 0 Å². The Labute approximate surface area is 255 Å². The fourth-order valence-corrected chi connectivity index (χ4v) is 4.76. The van der Waals surface area contributed by atoms with Crippen LogP contribution in [0.3, 0.4) is 0 Å². The molecule has 5 aromatic rings. The van der Waals surface area contributed by atoms with E-state index < -0.39 is 0 Å². The van der Waals surface area contributed by atoms with Crippen molar-refractivity contribution in [1.82, 2.24) is 4.98 Å². The molecular weight excluding hydrogens is 618 g/mol. The van der Waals surface area contributed by atoms with Crippen LogP contribution in [-0.4, -0.2) is 4.98 Å².